The highest BCUT2D eigenvalue weighted by Crippen LogP contribution is 2.22. The SMILES string of the molecule is Cc1cc(-c2n[nH]c(=O)o2)ccc1Cl. The Morgan fingerprint density at radius 2 is 2.29 bits per heavy atom. The second-order valence-electron chi connectivity index (χ2n) is 2.88. The normalized spacial score (nSPS) is 10.4. The van der Waals surface area contributed by atoms with E-state index in [2.05, 4.69) is 10.2 Å². The van der Waals surface area contributed by atoms with E-state index in [1.165, 1.54) is 0 Å². The molecule has 2 aromatic rings. The number of nitrogens with one attached hydrogen (secondary N) is 1. The zero-order valence-corrected chi connectivity index (χ0v) is 8.13. The Hall–Kier alpha value is -1.55. The highest BCUT2D eigenvalue weighted by Gasteiger charge is 2.05. The van der Waals surface area contributed by atoms with Crippen LogP contribution in [0.3, 0.4) is 0 Å². The van der Waals surface area contributed by atoms with Gasteiger partial charge in [0.1, 0.15) is 0 Å². The van der Waals surface area contributed by atoms with Crippen molar-refractivity contribution in [2.75, 3.05) is 0 Å². The zero-order valence-electron chi connectivity index (χ0n) is 7.37. The predicted molar refractivity (Wildman–Crippen MR) is 52.3 cm³/mol. The van der Waals surface area contributed by atoms with Gasteiger partial charge in [0, 0.05) is 10.6 Å². The van der Waals surface area contributed by atoms with E-state index >= 15 is 0 Å². The molecule has 1 aromatic carbocycles. The van der Waals surface area contributed by atoms with Crippen molar-refractivity contribution in [2.45, 2.75) is 6.92 Å². The third kappa shape index (κ3) is 1.56. The molecule has 0 radical (unpaired) electrons. The Morgan fingerprint density at radius 1 is 1.50 bits per heavy atom. The van der Waals surface area contributed by atoms with Crippen LogP contribution < -0.4 is 5.76 Å². The molecule has 0 aliphatic rings. The number of halogens is 1. The molecule has 0 atom stereocenters. The Kier molecular flexibility index (Phi) is 2.13. The van der Waals surface area contributed by atoms with Crippen LogP contribution in [0.25, 0.3) is 11.5 Å². The fraction of sp³-hybridized carbons (Fsp3) is 0.111. The van der Waals surface area contributed by atoms with Crippen LogP contribution in [-0.4, -0.2) is 10.2 Å². The molecule has 2 rings (SSSR count). The van der Waals surface area contributed by atoms with Crippen LogP contribution >= 0.6 is 11.6 Å². The molecule has 0 fully saturated rings. The van der Waals surface area contributed by atoms with Gasteiger partial charge >= 0.3 is 5.76 Å². The van der Waals surface area contributed by atoms with Crippen LogP contribution in [0.5, 0.6) is 0 Å². The fourth-order valence-corrected chi connectivity index (χ4v) is 1.25. The van der Waals surface area contributed by atoms with Crippen molar-refractivity contribution in [3.63, 3.8) is 0 Å². The van der Waals surface area contributed by atoms with E-state index < -0.39 is 5.76 Å². The molecule has 1 heterocycles. The maximum atomic E-state index is 10.7. The number of nitrogens with zero attached hydrogens (tertiary/aromatic N) is 1. The Bertz CT molecular complexity index is 516. The minimum Gasteiger partial charge on any atom is -0.388 e. The van der Waals surface area contributed by atoms with Gasteiger partial charge in [-0.3, -0.25) is 0 Å². The molecule has 0 saturated carbocycles. The number of H-pyrrole nitrogens is 1. The summed E-state index contributed by atoms with van der Waals surface area (Å²) in [6, 6.07) is 5.29. The monoisotopic (exact) mass is 210 g/mol. The lowest BCUT2D eigenvalue weighted by Gasteiger charge is -1.98. The highest BCUT2D eigenvalue weighted by atomic mass is 35.5. The molecular weight excluding hydrogens is 204 g/mol. The lowest BCUT2D eigenvalue weighted by atomic mass is 10.1. The maximum absolute atomic E-state index is 10.7. The lowest BCUT2D eigenvalue weighted by molar-refractivity contribution is 0.527. The van der Waals surface area contributed by atoms with Crippen molar-refractivity contribution in [2.24, 2.45) is 0 Å². The van der Waals surface area contributed by atoms with E-state index in [0.29, 0.717) is 5.02 Å². The minimum atomic E-state index is -0.562. The van der Waals surface area contributed by atoms with Gasteiger partial charge < -0.3 is 4.42 Å². The van der Waals surface area contributed by atoms with Gasteiger partial charge in [0.05, 0.1) is 0 Å². The number of rotatable bonds is 1. The summed E-state index contributed by atoms with van der Waals surface area (Å²) in [6.07, 6.45) is 0. The van der Waals surface area contributed by atoms with Crippen LogP contribution in [-0.2, 0) is 0 Å². The van der Waals surface area contributed by atoms with Gasteiger partial charge in [-0.15, -0.1) is 5.10 Å². The van der Waals surface area contributed by atoms with E-state index in [1.807, 2.05) is 6.92 Å². The zero-order chi connectivity index (χ0) is 10.1. The predicted octanol–water partition coefficient (Wildman–Crippen LogP) is 1.99. The summed E-state index contributed by atoms with van der Waals surface area (Å²) in [5.41, 5.74) is 1.64. The van der Waals surface area contributed by atoms with E-state index in [-0.39, 0.29) is 5.89 Å². The van der Waals surface area contributed by atoms with Crippen LogP contribution in [0, 0.1) is 6.92 Å². The molecule has 0 unspecified atom stereocenters. The molecule has 0 aliphatic carbocycles. The number of benzene rings is 1. The van der Waals surface area contributed by atoms with Crippen molar-refractivity contribution >= 4 is 11.6 Å². The van der Waals surface area contributed by atoms with Gasteiger partial charge in [-0.25, -0.2) is 9.89 Å². The molecule has 0 bridgehead atoms. The average Bonchev–Trinajstić information content (AvgIpc) is 2.57. The van der Waals surface area contributed by atoms with Crippen molar-refractivity contribution in [3.05, 3.63) is 39.3 Å². The summed E-state index contributed by atoms with van der Waals surface area (Å²) in [6.45, 7) is 1.87. The summed E-state index contributed by atoms with van der Waals surface area (Å²) in [4.78, 5) is 10.7. The van der Waals surface area contributed by atoms with Crippen molar-refractivity contribution in [3.8, 4) is 11.5 Å². The Morgan fingerprint density at radius 3 is 2.86 bits per heavy atom. The lowest BCUT2D eigenvalue weighted by Crippen LogP contribution is -1.93. The van der Waals surface area contributed by atoms with Crippen molar-refractivity contribution in [1.29, 1.82) is 0 Å². The minimum absolute atomic E-state index is 0.273. The topological polar surface area (TPSA) is 58.9 Å². The fourth-order valence-electron chi connectivity index (χ4n) is 1.13. The quantitative estimate of drug-likeness (QED) is 0.783. The number of hydrogen-bond acceptors (Lipinski definition) is 3. The first-order valence-corrected chi connectivity index (χ1v) is 4.36. The molecule has 14 heavy (non-hydrogen) atoms. The van der Waals surface area contributed by atoms with Crippen LogP contribution in [0.1, 0.15) is 5.56 Å². The number of hydrogen-bond donors (Lipinski definition) is 1. The second-order valence-corrected chi connectivity index (χ2v) is 3.29. The summed E-state index contributed by atoms with van der Waals surface area (Å²) >= 11 is 5.85. The van der Waals surface area contributed by atoms with Gasteiger partial charge in [0.2, 0.25) is 5.89 Å². The molecule has 0 saturated heterocycles. The average molecular weight is 211 g/mol. The molecule has 1 N–H and O–H groups in total. The standard InChI is InChI=1S/C9H7ClN2O2/c1-5-4-6(2-3-7(5)10)8-11-12-9(13)14-8/h2-4H,1H3,(H,12,13). The highest BCUT2D eigenvalue weighted by molar-refractivity contribution is 6.31. The molecule has 72 valence electrons. The smallest absolute Gasteiger partial charge is 0.388 e. The van der Waals surface area contributed by atoms with E-state index in [1.54, 1.807) is 18.2 Å². The molecule has 0 spiro atoms. The molecule has 0 amide bonds. The first kappa shape index (κ1) is 9.02. The van der Waals surface area contributed by atoms with E-state index in [4.69, 9.17) is 16.0 Å². The third-order valence-electron chi connectivity index (χ3n) is 1.84. The molecular formula is C9H7ClN2O2. The largest absolute Gasteiger partial charge is 0.434 e. The van der Waals surface area contributed by atoms with Crippen molar-refractivity contribution in [1.82, 2.24) is 10.2 Å². The van der Waals surface area contributed by atoms with Gasteiger partial charge in [-0.1, -0.05) is 11.6 Å². The van der Waals surface area contributed by atoms with Gasteiger partial charge in [-0.2, -0.15) is 0 Å². The van der Waals surface area contributed by atoms with Crippen LogP contribution in [0.2, 0.25) is 5.02 Å². The second kappa shape index (κ2) is 3.31. The summed E-state index contributed by atoms with van der Waals surface area (Å²) in [5, 5.41) is 6.58. The first-order chi connectivity index (χ1) is 6.66. The van der Waals surface area contributed by atoms with E-state index in [0.717, 1.165) is 11.1 Å². The third-order valence-corrected chi connectivity index (χ3v) is 2.27. The maximum Gasteiger partial charge on any atom is 0.434 e. The first-order valence-electron chi connectivity index (χ1n) is 3.99. The molecule has 5 heteroatoms. The van der Waals surface area contributed by atoms with Crippen molar-refractivity contribution < 1.29 is 4.42 Å². The van der Waals surface area contributed by atoms with E-state index in [9.17, 15) is 4.79 Å². The van der Waals surface area contributed by atoms with Gasteiger partial charge in [0.25, 0.3) is 0 Å². The number of aromatic amines is 1. The van der Waals surface area contributed by atoms with Gasteiger partial charge in [0.15, 0.2) is 0 Å². The number of aromatic nitrogens is 2. The number of aryl methyl sites for hydroxylation is 1. The summed E-state index contributed by atoms with van der Waals surface area (Å²) in [5.74, 6) is -0.289. The molecule has 0 aliphatic heterocycles. The Balaban J connectivity index is 2.52. The van der Waals surface area contributed by atoms with Crippen LogP contribution in [0.4, 0.5) is 0 Å². The van der Waals surface area contributed by atoms with Crippen LogP contribution in [0.15, 0.2) is 27.4 Å². The summed E-state index contributed by atoms with van der Waals surface area (Å²) in [7, 11) is 0. The Labute approximate surface area is 84.5 Å². The summed E-state index contributed by atoms with van der Waals surface area (Å²) < 4.78 is 4.80. The molecule has 4 nitrogen and oxygen atoms in total. The van der Waals surface area contributed by atoms with Gasteiger partial charge in [-0.05, 0) is 30.7 Å². The molecule has 1 aromatic heterocycles.